The zero-order chi connectivity index (χ0) is 12.4. The van der Waals surface area contributed by atoms with Gasteiger partial charge in [0.2, 0.25) is 0 Å². The van der Waals surface area contributed by atoms with Gasteiger partial charge in [-0.1, -0.05) is 12.1 Å². The lowest BCUT2D eigenvalue weighted by atomic mass is 10.00. The van der Waals surface area contributed by atoms with E-state index >= 15 is 0 Å². The fourth-order valence-electron chi connectivity index (χ4n) is 1.89. The standard InChI is InChI=1S/C12H14N2O3/c1-14-6-5-10(13-12(14)17)8-3-2-4-9(7-8)11(15)16/h2-4,7,10H,5-6H2,1H3,(H,13,17)(H,15,16). The Morgan fingerprint density at radius 2 is 2.29 bits per heavy atom. The van der Waals surface area contributed by atoms with E-state index in [1.807, 2.05) is 6.07 Å². The molecule has 1 aliphatic heterocycles. The highest BCUT2D eigenvalue weighted by Crippen LogP contribution is 2.21. The molecule has 0 spiro atoms. The van der Waals surface area contributed by atoms with E-state index in [1.165, 1.54) is 0 Å². The highest BCUT2D eigenvalue weighted by molar-refractivity contribution is 5.87. The number of nitrogens with zero attached hydrogens (tertiary/aromatic N) is 1. The first-order chi connectivity index (χ1) is 8.08. The lowest BCUT2D eigenvalue weighted by Crippen LogP contribution is -2.45. The van der Waals surface area contributed by atoms with Crippen molar-refractivity contribution in [1.29, 1.82) is 0 Å². The molecule has 0 aliphatic carbocycles. The first-order valence-electron chi connectivity index (χ1n) is 5.43. The molecule has 1 atom stereocenters. The third-order valence-corrected chi connectivity index (χ3v) is 2.93. The third kappa shape index (κ3) is 2.38. The molecule has 1 unspecified atom stereocenters. The minimum atomic E-state index is -0.953. The summed E-state index contributed by atoms with van der Waals surface area (Å²) in [6, 6.07) is 6.47. The molecule has 1 saturated heterocycles. The van der Waals surface area contributed by atoms with E-state index in [9.17, 15) is 9.59 Å². The highest BCUT2D eigenvalue weighted by atomic mass is 16.4. The van der Waals surface area contributed by atoms with Gasteiger partial charge in [-0.2, -0.15) is 0 Å². The van der Waals surface area contributed by atoms with Crippen molar-refractivity contribution >= 4 is 12.0 Å². The summed E-state index contributed by atoms with van der Waals surface area (Å²) in [4.78, 5) is 24.0. The smallest absolute Gasteiger partial charge is 0.335 e. The van der Waals surface area contributed by atoms with Crippen LogP contribution in [0.15, 0.2) is 24.3 Å². The van der Waals surface area contributed by atoms with Gasteiger partial charge in [0.05, 0.1) is 11.6 Å². The van der Waals surface area contributed by atoms with Crippen LogP contribution in [0.1, 0.15) is 28.4 Å². The summed E-state index contributed by atoms with van der Waals surface area (Å²) in [6.07, 6.45) is 0.783. The Kier molecular flexibility index (Phi) is 2.99. The molecule has 0 radical (unpaired) electrons. The van der Waals surface area contributed by atoms with E-state index < -0.39 is 5.97 Å². The van der Waals surface area contributed by atoms with Gasteiger partial charge in [-0.15, -0.1) is 0 Å². The fourth-order valence-corrected chi connectivity index (χ4v) is 1.89. The van der Waals surface area contributed by atoms with Crippen LogP contribution >= 0.6 is 0 Å². The summed E-state index contributed by atoms with van der Waals surface area (Å²) in [6.45, 7) is 0.674. The zero-order valence-corrected chi connectivity index (χ0v) is 9.51. The molecular weight excluding hydrogens is 220 g/mol. The van der Waals surface area contributed by atoms with Crippen molar-refractivity contribution in [3.63, 3.8) is 0 Å². The van der Waals surface area contributed by atoms with Gasteiger partial charge in [0.25, 0.3) is 0 Å². The van der Waals surface area contributed by atoms with Gasteiger partial charge in [-0.05, 0) is 24.1 Å². The molecule has 1 aromatic rings. The van der Waals surface area contributed by atoms with Crippen molar-refractivity contribution in [2.24, 2.45) is 0 Å². The molecule has 2 N–H and O–H groups in total. The second-order valence-electron chi connectivity index (χ2n) is 4.14. The monoisotopic (exact) mass is 234 g/mol. The quantitative estimate of drug-likeness (QED) is 0.814. The lowest BCUT2D eigenvalue weighted by Gasteiger charge is -2.30. The Bertz CT molecular complexity index is 459. The van der Waals surface area contributed by atoms with E-state index in [1.54, 1.807) is 30.1 Å². The lowest BCUT2D eigenvalue weighted by molar-refractivity contribution is 0.0696. The molecule has 1 fully saturated rings. The topological polar surface area (TPSA) is 69.6 Å². The highest BCUT2D eigenvalue weighted by Gasteiger charge is 2.23. The Morgan fingerprint density at radius 3 is 2.94 bits per heavy atom. The van der Waals surface area contributed by atoms with Crippen molar-refractivity contribution in [3.8, 4) is 0 Å². The normalized spacial score (nSPS) is 19.9. The Balaban J connectivity index is 2.20. The van der Waals surface area contributed by atoms with Crippen molar-refractivity contribution < 1.29 is 14.7 Å². The van der Waals surface area contributed by atoms with Gasteiger partial charge >= 0.3 is 12.0 Å². The summed E-state index contributed by atoms with van der Waals surface area (Å²) in [5.74, 6) is -0.953. The van der Waals surface area contributed by atoms with E-state index in [-0.39, 0.29) is 17.6 Å². The molecule has 2 amide bonds. The van der Waals surface area contributed by atoms with E-state index in [4.69, 9.17) is 5.11 Å². The van der Waals surface area contributed by atoms with Crippen LogP contribution in [0.25, 0.3) is 0 Å². The van der Waals surface area contributed by atoms with Crippen LogP contribution < -0.4 is 5.32 Å². The maximum atomic E-state index is 11.5. The van der Waals surface area contributed by atoms with Crippen LogP contribution in [-0.2, 0) is 0 Å². The summed E-state index contributed by atoms with van der Waals surface area (Å²) in [7, 11) is 1.74. The summed E-state index contributed by atoms with van der Waals surface area (Å²) < 4.78 is 0. The second-order valence-corrected chi connectivity index (χ2v) is 4.14. The number of aromatic carboxylic acids is 1. The largest absolute Gasteiger partial charge is 0.478 e. The van der Waals surface area contributed by atoms with E-state index in [0.717, 1.165) is 12.0 Å². The fraction of sp³-hybridized carbons (Fsp3) is 0.333. The van der Waals surface area contributed by atoms with E-state index in [2.05, 4.69) is 5.32 Å². The number of amides is 2. The Morgan fingerprint density at radius 1 is 1.53 bits per heavy atom. The number of hydrogen-bond donors (Lipinski definition) is 2. The van der Waals surface area contributed by atoms with Crippen LogP contribution in [-0.4, -0.2) is 35.6 Å². The molecule has 2 rings (SSSR count). The minimum Gasteiger partial charge on any atom is -0.478 e. The van der Waals surface area contributed by atoms with Crippen LogP contribution in [0, 0.1) is 0 Å². The number of carboxylic acid groups (broad SMARTS) is 1. The average Bonchev–Trinajstić information content (AvgIpc) is 2.33. The predicted molar refractivity (Wildman–Crippen MR) is 61.9 cm³/mol. The maximum absolute atomic E-state index is 11.5. The molecule has 0 bridgehead atoms. The van der Waals surface area contributed by atoms with E-state index in [0.29, 0.717) is 6.54 Å². The molecular formula is C12H14N2O3. The Hall–Kier alpha value is -2.04. The number of carbonyl (C=O) groups is 2. The molecule has 0 saturated carbocycles. The van der Waals surface area contributed by atoms with Crippen molar-refractivity contribution in [2.75, 3.05) is 13.6 Å². The number of carboxylic acids is 1. The first kappa shape index (κ1) is 11.4. The van der Waals surface area contributed by atoms with Crippen molar-refractivity contribution in [2.45, 2.75) is 12.5 Å². The SMILES string of the molecule is CN1CCC(c2cccc(C(=O)O)c2)NC1=O. The molecule has 0 aromatic heterocycles. The number of urea groups is 1. The molecule has 5 heteroatoms. The predicted octanol–water partition coefficient (Wildman–Crippen LogP) is 1.47. The first-order valence-corrected chi connectivity index (χ1v) is 5.43. The maximum Gasteiger partial charge on any atom is 0.335 e. The molecule has 90 valence electrons. The van der Waals surface area contributed by atoms with Gasteiger partial charge in [-0.3, -0.25) is 0 Å². The van der Waals surface area contributed by atoms with Crippen LogP contribution in [0.3, 0.4) is 0 Å². The van der Waals surface area contributed by atoms with Crippen molar-refractivity contribution in [1.82, 2.24) is 10.2 Å². The molecule has 5 nitrogen and oxygen atoms in total. The number of hydrogen-bond acceptors (Lipinski definition) is 2. The third-order valence-electron chi connectivity index (χ3n) is 2.93. The van der Waals surface area contributed by atoms with Crippen LogP contribution in [0.4, 0.5) is 4.79 Å². The summed E-state index contributed by atoms with van der Waals surface area (Å²) >= 11 is 0. The molecule has 17 heavy (non-hydrogen) atoms. The second kappa shape index (κ2) is 4.45. The Labute approximate surface area is 99.0 Å². The molecule has 1 aromatic carbocycles. The number of nitrogens with one attached hydrogen (secondary N) is 1. The number of carbonyl (C=O) groups excluding carboxylic acids is 1. The summed E-state index contributed by atoms with van der Waals surface area (Å²) in [5, 5.41) is 11.7. The van der Waals surface area contributed by atoms with Crippen molar-refractivity contribution in [3.05, 3.63) is 35.4 Å². The number of benzene rings is 1. The van der Waals surface area contributed by atoms with Crippen LogP contribution in [0.2, 0.25) is 0 Å². The van der Waals surface area contributed by atoms with Gasteiger partial charge in [0.15, 0.2) is 0 Å². The molecule has 1 aliphatic rings. The van der Waals surface area contributed by atoms with Gasteiger partial charge < -0.3 is 15.3 Å². The minimum absolute atomic E-state index is 0.0991. The van der Waals surface area contributed by atoms with Crippen LogP contribution in [0.5, 0.6) is 0 Å². The van der Waals surface area contributed by atoms with Gasteiger partial charge in [0, 0.05) is 13.6 Å². The molecule has 1 heterocycles. The summed E-state index contributed by atoms with van der Waals surface area (Å²) in [5.41, 5.74) is 1.09. The zero-order valence-electron chi connectivity index (χ0n) is 9.51. The van der Waals surface area contributed by atoms with Gasteiger partial charge in [0.1, 0.15) is 0 Å². The number of rotatable bonds is 2. The average molecular weight is 234 g/mol. The van der Waals surface area contributed by atoms with Gasteiger partial charge in [-0.25, -0.2) is 9.59 Å².